The van der Waals surface area contributed by atoms with Crippen LogP contribution in [0.1, 0.15) is 30.4 Å². The van der Waals surface area contributed by atoms with Crippen molar-refractivity contribution in [1.29, 1.82) is 0 Å². The standard InChI is InChI=1S/C20H22N2O2/c1-3-20(23)22-12-17(14-8-10-15(24-2)11-9-14)18-13-21-19-7-5-4-6-16(18)19/h4-11,13,17,21H,3,12H2,1-2H3,(H,22,23). The van der Waals surface area contributed by atoms with Crippen LogP contribution in [-0.4, -0.2) is 24.5 Å². The molecule has 4 heteroatoms. The first-order valence-electron chi connectivity index (χ1n) is 8.19. The minimum Gasteiger partial charge on any atom is -0.497 e. The van der Waals surface area contributed by atoms with Gasteiger partial charge >= 0.3 is 0 Å². The van der Waals surface area contributed by atoms with Crippen LogP contribution in [0, 0.1) is 0 Å². The molecule has 3 rings (SSSR count). The maximum absolute atomic E-state index is 11.7. The average molecular weight is 322 g/mol. The van der Waals surface area contributed by atoms with Crippen LogP contribution < -0.4 is 10.1 Å². The predicted molar refractivity (Wildman–Crippen MR) is 96.4 cm³/mol. The third kappa shape index (κ3) is 3.27. The molecule has 2 aromatic carbocycles. The van der Waals surface area contributed by atoms with Gasteiger partial charge in [-0.25, -0.2) is 0 Å². The zero-order valence-corrected chi connectivity index (χ0v) is 14.0. The van der Waals surface area contributed by atoms with E-state index in [0.29, 0.717) is 13.0 Å². The van der Waals surface area contributed by atoms with Gasteiger partial charge in [0.15, 0.2) is 0 Å². The molecule has 124 valence electrons. The van der Waals surface area contributed by atoms with Crippen LogP contribution >= 0.6 is 0 Å². The van der Waals surface area contributed by atoms with Crippen molar-refractivity contribution in [3.05, 3.63) is 65.9 Å². The number of hydrogen-bond acceptors (Lipinski definition) is 2. The lowest BCUT2D eigenvalue weighted by atomic mass is 9.90. The van der Waals surface area contributed by atoms with Crippen LogP contribution in [0.4, 0.5) is 0 Å². The number of benzene rings is 2. The molecule has 0 fully saturated rings. The van der Waals surface area contributed by atoms with Crippen molar-refractivity contribution in [3.8, 4) is 5.75 Å². The van der Waals surface area contributed by atoms with Gasteiger partial charge in [-0.2, -0.15) is 0 Å². The summed E-state index contributed by atoms with van der Waals surface area (Å²) >= 11 is 0. The number of carbonyl (C=O) groups is 1. The summed E-state index contributed by atoms with van der Waals surface area (Å²) in [5, 5.41) is 4.21. The third-order valence-electron chi connectivity index (χ3n) is 4.34. The van der Waals surface area contributed by atoms with Gasteiger partial charge in [0.2, 0.25) is 5.91 Å². The molecule has 0 bridgehead atoms. The molecule has 2 N–H and O–H groups in total. The zero-order valence-electron chi connectivity index (χ0n) is 14.0. The maximum atomic E-state index is 11.7. The molecule has 0 aliphatic rings. The molecule has 0 saturated carbocycles. The number of carbonyl (C=O) groups excluding carboxylic acids is 1. The number of aromatic amines is 1. The topological polar surface area (TPSA) is 54.1 Å². The molecule has 0 saturated heterocycles. The second kappa shape index (κ2) is 7.21. The van der Waals surface area contributed by atoms with Gasteiger partial charge in [-0.15, -0.1) is 0 Å². The lowest BCUT2D eigenvalue weighted by molar-refractivity contribution is -0.120. The normalized spacial score (nSPS) is 12.1. The lowest BCUT2D eigenvalue weighted by Crippen LogP contribution is -2.28. The Morgan fingerprint density at radius 2 is 1.92 bits per heavy atom. The van der Waals surface area contributed by atoms with E-state index in [1.54, 1.807) is 7.11 Å². The van der Waals surface area contributed by atoms with Crippen molar-refractivity contribution in [2.75, 3.05) is 13.7 Å². The Labute approximate surface area is 141 Å². The van der Waals surface area contributed by atoms with Crippen LogP contribution in [-0.2, 0) is 4.79 Å². The highest BCUT2D eigenvalue weighted by Gasteiger charge is 2.18. The molecule has 0 spiro atoms. The van der Waals surface area contributed by atoms with E-state index in [9.17, 15) is 4.79 Å². The number of hydrogen-bond donors (Lipinski definition) is 2. The number of H-pyrrole nitrogens is 1. The van der Waals surface area contributed by atoms with Crippen LogP contribution in [0.2, 0.25) is 0 Å². The Morgan fingerprint density at radius 1 is 1.17 bits per heavy atom. The number of amides is 1. The molecule has 3 aromatic rings. The van der Waals surface area contributed by atoms with Gasteiger partial charge in [-0.1, -0.05) is 37.3 Å². The molecule has 1 amide bonds. The summed E-state index contributed by atoms with van der Waals surface area (Å²) < 4.78 is 5.25. The van der Waals surface area contributed by atoms with Crippen LogP contribution in [0.3, 0.4) is 0 Å². The maximum Gasteiger partial charge on any atom is 0.219 e. The number of para-hydroxylation sites is 1. The molecule has 1 heterocycles. The van der Waals surface area contributed by atoms with Crippen LogP contribution in [0.15, 0.2) is 54.7 Å². The van der Waals surface area contributed by atoms with Crippen molar-refractivity contribution in [2.45, 2.75) is 19.3 Å². The highest BCUT2D eigenvalue weighted by atomic mass is 16.5. The Kier molecular flexibility index (Phi) is 4.85. The molecular formula is C20H22N2O2. The minimum atomic E-state index is 0.0633. The molecule has 0 aliphatic heterocycles. The summed E-state index contributed by atoms with van der Waals surface area (Å²) in [4.78, 5) is 15.1. The molecule has 0 radical (unpaired) electrons. The fourth-order valence-corrected chi connectivity index (χ4v) is 2.97. The van der Waals surface area contributed by atoms with Crippen molar-refractivity contribution in [3.63, 3.8) is 0 Å². The Balaban J connectivity index is 1.98. The first-order valence-corrected chi connectivity index (χ1v) is 8.19. The van der Waals surface area contributed by atoms with E-state index in [1.165, 1.54) is 10.9 Å². The first-order chi connectivity index (χ1) is 11.7. The smallest absolute Gasteiger partial charge is 0.219 e. The second-order valence-corrected chi connectivity index (χ2v) is 5.77. The van der Waals surface area contributed by atoms with E-state index >= 15 is 0 Å². The Hall–Kier alpha value is -2.75. The van der Waals surface area contributed by atoms with Gasteiger partial charge in [-0.3, -0.25) is 4.79 Å². The summed E-state index contributed by atoms with van der Waals surface area (Å²) in [6.45, 7) is 2.43. The first kappa shape index (κ1) is 16.1. The van der Waals surface area contributed by atoms with E-state index in [-0.39, 0.29) is 11.8 Å². The zero-order chi connectivity index (χ0) is 16.9. The number of fused-ring (bicyclic) bond motifs is 1. The van der Waals surface area contributed by atoms with E-state index in [0.717, 1.165) is 16.8 Å². The SMILES string of the molecule is CCC(=O)NCC(c1ccc(OC)cc1)c1c[nH]c2ccccc12. The average Bonchev–Trinajstić information content (AvgIpc) is 3.06. The van der Waals surface area contributed by atoms with Gasteiger partial charge in [-0.05, 0) is 29.3 Å². The molecule has 1 aromatic heterocycles. The quantitative estimate of drug-likeness (QED) is 0.724. The Morgan fingerprint density at radius 3 is 2.62 bits per heavy atom. The van der Waals surface area contributed by atoms with E-state index < -0.39 is 0 Å². The number of rotatable bonds is 6. The number of methoxy groups -OCH3 is 1. The largest absolute Gasteiger partial charge is 0.497 e. The monoisotopic (exact) mass is 322 g/mol. The van der Waals surface area contributed by atoms with Gasteiger partial charge in [0, 0.05) is 36.0 Å². The molecule has 1 atom stereocenters. The number of aromatic nitrogens is 1. The van der Waals surface area contributed by atoms with Crippen LogP contribution in [0.5, 0.6) is 5.75 Å². The van der Waals surface area contributed by atoms with Gasteiger partial charge in [0.05, 0.1) is 7.11 Å². The minimum absolute atomic E-state index is 0.0633. The third-order valence-corrected chi connectivity index (χ3v) is 4.34. The summed E-state index contributed by atoms with van der Waals surface area (Å²) in [5.41, 5.74) is 3.44. The van der Waals surface area contributed by atoms with Gasteiger partial charge < -0.3 is 15.0 Å². The molecule has 1 unspecified atom stereocenters. The molecular weight excluding hydrogens is 300 g/mol. The van der Waals surface area contributed by atoms with E-state index in [1.807, 2.05) is 37.4 Å². The summed E-state index contributed by atoms with van der Waals surface area (Å²) in [5.74, 6) is 0.977. The second-order valence-electron chi connectivity index (χ2n) is 5.77. The van der Waals surface area contributed by atoms with Crippen molar-refractivity contribution in [1.82, 2.24) is 10.3 Å². The van der Waals surface area contributed by atoms with Crippen molar-refractivity contribution in [2.24, 2.45) is 0 Å². The fraction of sp³-hybridized carbons (Fsp3) is 0.250. The van der Waals surface area contributed by atoms with Gasteiger partial charge in [0.1, 0.15) is 5.75 Å². The number of nitrogens with one attached hydrogen (secondary N) is 2. The van der Waals surface area contributed by atoms with Crippen molar-refractivity contribution >= 4 is 16.8 Å². The summed E-state index contributed by atoms with van der Waals surface area (Å²) in [6, 6.07) is 16.3. The highest BCUT2D eigenvalue weighted by molar-refractivity contribution is 5.84. The fourth-order valence-electron chi connectivity index (χ4n) is 2.97. The summed E-state index contributed by atoms with van der Waals surface area (Å²) in [7, 11) is 1.66. The van der Waals surface area contributed by atoms with Gasteiger partial charge in [0.25, 0.3) is 0 Å². The Bertz CT molecular complexity index is 821. The van der Waals surface area contributed by atoms with Crippen LogP contribution in [0.25, 0.3) is 10.9 Å². The van der Waals surface area contributed by atoms with E-state index in [2.05, 4.69) is 34.6 Å². The lowest BCUT2D eigenvalue weighted by Gasteiger charge is -2.18. The predicted octanol–water partition coefficient (Wildman–Crippen LogP) is 3.83. The van der Waals surface area contributed by atoms with E-state index in [4.69, 9.17) is 4.74 Å². The summed E-state index contributed by atoms with van der Waals surface area (Å²) in [6.07, 6.45) is 2.53. The highest BCUT2D eigenvalue weighted by Crippen LogP contribution is 2.31. The molecule has 0 aliphatic carbocycles. The molecule has 24 heavy (non-hydrogen) atoms. The number of ether oxygens (including phenoxy) is 1. The molecule has 4 nitrogen and oxygen atoms in total. The van der Waals surface area contributed by atoms with Crippen molar-refractivity contribution < 1.29 is 9.53 Å².